The van der Waals surface area contributed by atoms with Crippen LogP contribution in [0.2, 0.25) is 0 Å². The maximum Gasteiger partial charge on any atom is 0.319 e. The molecule has 178 valence electrons. The summed E-state index contributed by atoms with van der Waals surface area (Å²) in [6.45, 7) is 1.74. The van der Waals surface area contributed by atoms with E-state index in [1.54, 1.807) is 7.11 Å². The monoisotopic (exact) mass is 461 g/mol. The van der Waals surface area contributed by atoms with Crippen LogP contribution < -0.4 is 14.4 Å². The van der Waals surface area contributed by atoms with E-state index in [2.05, 4.69) is 22.0 Å². The van der Waals surface area contributed by atoms with Crippen molar-refractivity contribution in [2.75, 3.05) is 25.1 Å². The van der Waals surface area contributed by atoms with Crippen LogP contribution in [0, 0.1) is 0 Å². The van der Waals surface area contributed by atoms with Crippen LogP contribution in [0.4, 0.5) is 5.82 Å². The Kier molecular flexibility index (Phi) is 6.52. The topological polar surface area (TPSA) is 84.8 Å². The summed E-state index contributed by atoms with van der Waals surface area (Å²) >= 11 is 0. The van der Waals surface area contributed by atoms with Crippen molar-refractivity contribution in [3.05, 3.63) is 53.6 Å². The molecule has 0 radical (unpaired) electrons. The molecule has 0 spiro atoms. The number of carboxylic acids is 1. The van der Waals surface area contributed by atoms with Crippen molar-refractivity contribution in [3.63, 3.8) is 0 Å². The van der Waals surface area contributed by atoms with Gasteiger partial charge in [-0.3, -0.25) is 4.79 Å². The number of carboxylic acid groups (broad SMARTS) is 1. The minimum Gasteiger partial charge on any atom is -0.496 e. The fourth-order valence-electron chi connectivity index (χ4n) is 4.88. The van der Waals surface area contributed by atoms with Gasteiger partial charge in [-0.05, 0) is 73.8 Å². The molecule has 34 heavy (non-hydrogen) atoms. The Balaban J connectivity index is 1.42. The van der Waals surface area contributed by atoms with Gasteiger partial charge in [-0.2, -0.15) is 9.97 Å². The Morgan fingerprint density at radius 2 is 1.88 bits per heavy atom. The molecule has 1 N–H and O–H groups in total. The van der Waals surface area contributed by atoms with Crippen LogP contribution in [0.15, 0.2) is 42.5 Å². The number of ether oxygens (including phenoxy) is 2. The lowest BCUT2D eigenvalue weighted by Crippen LogP contribution is -2.34. The fourth-order valence-corrected chi connectivity index (χ4v) is 4.88. The van der Waals surface area contributed by atoms with Gasteiger partial charge < -0.3 is 19.5 Å². The Labute approximate surface area is 199 Å². The number of methoxy groups -OCH3 is 1. The zero-order chi connectivity index (χ0) is 23.5. The normalized spacial score (nSPS) is 16.9. The van der Waals surface area contributed by atoms with E-state index >= 15 is 0 Å². The third-order valence-corrected chi connectivity index (χ3v) is 7.04. The third-order valence-electron chi connectivity index (χ3n) is 7.04. The van der Waals surface area contributed by atoms with Crippen molar-refractivity contribution in [2.24, 2.45) is 0 Å². The lowest BCUT2D eigenvalue weighted by molar-refractivity contribution is -0.136. The van der Waals surface area contributed by atoms with Gasteiger partial charge in [0.15, 0.2) is 0 Å². The van der Waals surface area contributed by atoms with Gasteiger partial charge in [0.1, 0.15) is 17.7 Å². The van der Waals surface area contributed by atoms with Crippen LogP contribution in [-0.4, -0.2) is 47.3 Å². The van der Waals surface area contributed by atoms with Crippen molar-refractivity contribution < 1.29 is 19.4 Å². The average Bonchev–Trinajstić information content (AvgIpc) is 2.84. The van der Waals surface area contributed by atoms with Gasteiger partial charge in [0.2, 0.25) is 0 Å². The van der Waals surface area contributed by atoms with Crippen LogP contribution in [0.25, 0.3) is 10.9 Å². The quantitative estimate of drug-likeness (QED) is 0.507. The van der Waals surface area contributed by atoms with Crippen LogP contribution in [0.3, 0.4) is 0 Å². The number of benzene rings is 2. The smallest absolute Gasteiger partial charge is 0.319 e. The van der Waals surface area contributed by atoms with E-state index in [1.807, 2.05) is 30.3 Å². The van der Waals surface area contributed by atoms with E-state index in [-0.39, 0.29) is 12.5 Å². The van der Waals surface area contributed by atoms with Crippen LogP contribution >= 0.6 is 0 Å². The first-order valence-corrected chi connectivity index (χ1v) is 12.2. The van der Waals surface area contributed by atoms with Gasteiger partial charge in [-0.25, -0.2) is 0 Å². The molecular formula is C27H31N3O4. The van der Waals surface area contributed by atoms with Gasteiger partial charge in [0.05, 0.1) is 12.6 Å². The minimum atomic E-state index is -0.792. The number of carbonyl (C=O) groups is 1. The molecule has 7 heteroatoms. The second-order valence-electron chi connectivity index (χ2n) is 9.25. The first-order chi connectivity index (χ1) is 16.6. The fraction of sp³-hybridized carbons (Fsp3) is 0.444. The highest BCUT2D eigenvalue weighted by Crippen LogP contribution is 2.37. The summed E-state index contributed by atoms with van der Waals surface area (Å²) in [6.07, 6.45) is 6.10. The molecule has 1 saturated heterocycles. The minimum absolute atomic E-state index is 0.106. The standard InChI is InChI=1S/C27H31N3O4/c1-33-24-8-3-2-7-21(24)19-13-15-30(16-14-19)26-22-17-18(10-12-25(31)32)9-11-23(22)28-27(29-26)34-20-5-4-6-20/h2-3,7-9,11,17,19-20H,4-6,10,12-16H2,1H3,(H,31,32). The zero-order valence-corrected chi connectivity index (χ0v) is 19.6. The first kappa shape index (κ1) is 22.4. The number of fused-ring (bicyclic) bond motifs is 1. The largest absolute Gasteiger partial charge is 0.496 e. The van der Waals surface area contributed by atoms with Crippen molar-refractivity contribution >= 4 is 22.7 Å². The molecular weight excluding hydrogens is 430 g/mol. The molecule has 2 heterocycles. The molecule has 7 nitrogen and oxygen atoms in total. The van der Waals surface area contributed by atoms with Gasteiger partial charge >= 0.3 is 12.0 Å². The number of hydrogen-bond donors (Lipinski definition) is 1. The van der Waals surface area contributed by atoms with Crippen LogP contribution in [0.5, 0.6) is 11.8 Å². The van der Waals surface area contributed by atoms with Gasteiger partial charge in [-0.1, -0.05) is 24.3 Å². The number of aryl methyl sites for hydroxylation is 1. The number of aromatic nitrogens is 2. The predicted molar refractivity (Wildman–Crippen MR) is 131 cm³/mol. The molecule has 0 unspecified atom stereocenters. The van der Waals surface area contributed by atoms with E-state index in [0.717, 1.165) is 66.8 Å². The molecule has 0 atom stereocenters. The summed E-state index contributed by atoms with van der Waals surface area (Å²) in [5.41, 5.74) is 3.09. The van der Waals surface area contributed by atoms with Crippen molar-refractivity contribution in [2.45, 2.75) is 57.0 Å². The second-order valence-corrected chi connectivity index (χ2v) is 9.25. The highest BCUT2D eigenvalue weighted by Gasteiger charge is 2.27. The van der Waals surface area contributed by atoms with Crippen molar-refractivity contribution in [1.29, 1.82) is 0 Å². The van der Waals surface area contributed by atoms with E-state index in [0.29, 0.717) is 18.3 Å². The van der Waals surface area contributed by atoms with Crippen molar-refractivity contribution in [1.82, 2.24) is 9.97 Å². The van der Waals surface area contributed by atoms with E-state index in [4.69, 9.17) is 19.6 Å². The third kappa shape index (κ3) is 4.79. The molecule has 2 aliphatic rings. The van der Waals surface area contributed by atoms with Crippen LogP contribution in [0.1, 0.15) is 55.6 Å². The van der Waals surface area contributed by atoms with Gasteiger partial charge in [0.25, 0.3) is 0 Å². The maximum absolute atomic E-state index is 11.1. The molecule has 0 bridgehead atoms. The Bertz CT molecular complexity index is 1170. The predicted octanol–water partition coefficient (Wildman–Crippen LogP) is 4.97. The Morgan fingerprint density at radius 3 is 2.59 bits per heavy atom. The number of rotatable bonds is 8. The van der Waals surface area contributed by atoms with Crippen LogP contribution in [-0.2, 0) is 11.2 Å². The summed E-state index contributed by atoms with van der Waals surface area (Å²) < 4.78 is 11.7. The molecule has 1 aliphatic carbocycles. The number of anilines is 1. The summed E-state index contributed by atoms with van der Waals surface area (Å²) in [6, 6.07) is 14.7. The molecule has 0 amide bonds. The summed E-state index contributed by atoms with van der Waals surface area (Å²) in [4.78, 5) is 22.9. The highest BCUT2D eigenvalue weighted by molar-refractivity contribution is 5.90. The SMILES string of the molecule is COc1ccccc1C1CCN(c2nc(OC3CCC3)nc3ccc(CCC(=O)O)cc23)CC1. The lowest BCUT2D eigenvalue weighted by Gasteiger charge is -2.34. The number of para-hydroxylation sites is 1. The van der Waals surface area contributed by atoms with Gasteiger partial charge in [-0.15, -0.1) is 0 Å². The van der Waals surface area contributed by atoms with E-state index in [9.17, 15) is 4.79 Å². The molecule has 1 saturated carbocycles. The molecule has 1 aromatic heterocycles. The van der Waals surface area contributed by atoms with E-state index < -0.39 is 5.97 Å². The number of nitrogens with zero attached hydrogens (tertiary/aromatic N) is 3. The highest BCUT2D eigenvalue weighted by atomic mass is 16.5. The zero-order valence-electron chi connectivity index (χ0n) is 19.6. The number of hydrogen-bond acceptors (Lipinski definition) is 6. The second kappa shape index (κ2) is 9.87. The lowest BCUT2D eigenvalue weighted by atomic mass is 9.88. The molecule has 1 aliphatic heterocycles. The summed E-state index contributed by atoms with van der Waals surface area (Å²) in [5.74, 6) is 1.49. The first-order valence-electron chi connectivity index (χ1n) is 12.2. The Hall–Kier alpha value is -3.35. The average molecular weight is 462 g/mol. The van der Waals surface area contributed by atoms with Gasteiger partial charge in [0, 0.05) is 24.9 Å². The summed E-state index contributed by atoms with van der Waals surface area (Å²) in [7, 11) is 1.73. The number of aliphatic carboxylic acids is 1. The number of piperidine rings is 1. The van der Waals surface area contributed by atoms with E-state index in [1.165, 1.54) is 12.0 Å². The molecule has 5 rings (SSSR count). The Morgan fingerprint density at radius 1 is 1.09 bits per heavy atom. The molecule has 3 aromatic rings. The molecule has 2 fully saturated rings. The maximum atomic E-state index is 11.1. The molecule has 2 aromatic carbocycles. The summed E-state index contributed by atoms with van der Waals surface area (Å²) in [5, 5.41) is 10.1. The van der Waals surface area contributed by atoms with Crippen molar-refractivity contribution in [3.8, 4) is 11.8 Å².